The highest BCUT2D eigenvalue weighted by atomic mass is 19.4. The van der Waals surface area contributed by atoms with E-state index in [4.69, 9.17) is 9.84 Å². The molecule has 1 saturated heterocycles. The van der Waals surface area contributed by atoms with Gasteiger partial charge in [-0.25, -0.2) is 0 Å². The van der Waals surface area contributed by atoms with Crippen LogP contribution in [0.1, 0.15) is 11.1 Å². The fourth-order valence-electron chi connectivity index (χ4n) is 3.19. The van der Waals surface area contributed by atoms with Gasteiger partial charge in [0.25, 0.3) is 0 Å². The summed E-state index contributed by atoms with van der Waals surface area (Å²) in [6.45, 7) is 0.239. The molecule has 0 radical (unpaired) electrons. The molecule has 1 N–H and O–H groups in total. The van der Waals surface area contributed by atoms with E-state index < -0.39 is 24.0 Å². The van der Waals surface area contributed by atoms with Crippen LogP contribution < -0.4 is 4.74 Å². The average Bonchev–Trinajstić information content (AvgIpc) is 3.07. The molecule has 1 aromatic heterocycles. The largest absolute Gasteiger partial charge is 0.489 e. The van der Waals surface area contributed by atoms with Crippen molar-refractivity contribution in [1.82, 2.24) is 9.88 Å². The molecule has 1 aliphatic heterocycles. The molecule has 5 nitrogen and oxygen atoms in total. The molecule has 1 aromatic carbocycles. The third kappa shape index (κ3) is 4.97. The maximum Gasteiger partial charge on any atom is 0.393 e. The number of hydrogen-bond donors (Lipinski definition) is 1. The van der Waals surface area contributed by atoms with Gasteiger partial charge in [-0.1, -0.05) is 12.1 Å². The first kappa shape index (κ1) is 19.2. The highest BCUT2D eigenvalue weighted by Crippen LogP contribution is 2.38. The lowest BCUT2D eigenvalue weighted by atomic mass is 9.96. The van der Waals surface area contributed by atoms with E-state index >= 15 is 0 Å². The van der Waals surface area contributed by atoms with Crippen LogP contribution in [0.4, 0.5) is 13.2 Å². The molecule has 0 amide bonds. The predicted molar refractivity (Wildman–Crippen MR) is 91.0 cm³/mol. The first-order valence-corrected chi connectivity index (χ1v) is 8.45. The Balaban J connectivity index is 1.57. The molecule has 0 bridgehead atoms. The van der Waals surface area contributed by atoms with Gasteiger partial charge in [-0.05, 0) is 35.4 Å². The van der Waals surface area contributed by atoms with Gasteiger partial charge in [0.1, 0.15) is 12.4 Å². The van der Waals surface area contributed by atoms with Gasteiger partial charge >= 0.3 is 12.1 Å². The number of carboxylic acid groups (broad SMARTS) is 1. The van der Waals surface area contributed by atoms with Crippen molar-refractivity contribution in [2.75, 3.05) is 13.1 Å². The highest BCUT2D eigenvalue weighted by Gasteiger charge is 2.52. The van der Waals surface area contributed by atoms with Crippen LogP contribution in [-0.4, -0.2) is 40.2 Å². The summed E-state index contributed by atoms with van der Waals surface area (Å²) in [6, 6.07) is 10.7. The van der Waals surface area contributed by atoms with E-state index in [1.54, 1.807) is 36.7 Å². The number of carbonyl (C=O) groups is 1. The topological polar surface area (TPSA) is 62.7 Å². The number of halogens is 3. The summed E-state index contributed by atoms with van der Waals surface area (Å²) in [4.78, 5) is 16.6. The molecule has 1 aliphatic rings. The van der Waals surface area contributed by atoms with Crippen molar-refractivity contribution in [1.29, 1.82) is 0 Å². The Labute approximate surface area is 154 Å². The molecule has 2 heterocycles. The van der Waals surface area contributed by atoms with Crippen molar-refractivity contribution in [3.05, 3.63) is 59.9 Å². The number of nitrogens with zero attached hydrogens (tertiary/aromatic N) is 2. The van der Waals surface area contributed by atoms with Crippen molar-refractivity contribution < 1.29 is 27.8 Å². The Morgan fingerprint density at radius 1 is 1.11 bits per heavy atom. The Hall–Kier alpha value is -2.61. The van der Waals surface area contributed by atoms with Crippen LogP contribution in [0.5, 0.6) is 5.75 Å². The van der Waals surface area contributed by atoms with Crippen LogP contribution in [0.15, 0.2) is 48.8 Å². The fourth-order valence-corrected chi connectivity index (χ4v) is 3.19. The number of alkyl halides is 3. The maximum atomic E-state index is 13.1. The molecule has 2 atom stereocenters. The Morgan fingerprint density at radius 2 is 1.78 bits per heavy atom. The minimum Gasteiger partial charge on any atom is -0.489 e. The second-order valence-corrected chi connectivity index (χ2v) is 6.58. The van der Waals surface area contributed by atoms with Gasteiger partial charge in [0.05, 0.1) is 11.8 Å². The molecular weight excluding hydrogens is 361 g/mol. The molecular formula is C19H19F3N2O3. The number of carboxylic acids is 1. The molecule has 27 heavy (non-hydrogen) atoms. The molecule has 144 valence electrons. The van der Waals surface area contributed by atoms with Crippen LogP contribution in [0.2, 0.25) is 0 Å². The summed E-state index contributed by atoms with van der Waals surface area (Å²) in [5.41, 5.74) is 1.78. The zero-order valence-corrected chi connectivity index (χ0v) is 14.4. The van der Waals surface area contributed by atoms with Crippen LogP contribution in [-0.2, 0) is 17.9 Å². The zero-order chi connectivity index (χ0) is 19.4. The highest BCUT2D eigenvalue weighted by molar-refractivity contribution is 5.71. The lowest BCUT2D eigenvalue weighted by molar-refractivity contribution is -0.188. The molecule has 1 fully saturated rings. The minimum absolute atomic E-state index is 0.111. The minimum atomic E-state index is -4.51. The molecule has 0 unspecified atom stereocenters. The summed E-state index contributed by atoms with van der Waals surface area (Å²) in [5.74, 6) is -4.01. The lowest BCUT2D eigenvalue weighted by Crippen LogP contribution is -2.33. The van der Waals surface area contributed by atoms with Gasteiger partial charge in [0.2, 0.25) is 0 Å². The van der Waals surface area contributed by atoms with Crippen LogP contribution in [0.3, 0.4) is 0 Å². The van der Waals surface area contributed by atoms with Gasteiger partial charge in [0.15, 0.2) is 0 Å². The fraction of sp³-hybridized carbons (Fsp3) is 0.368. The molecule has 2 aromatic rings. The van der Waals surface area contributed by atoms with E-state index in [2.05, 4.69) is 4.98 Å². The number of hydrogen-bond acceptors (Lipinski definition) is 4. The number of benzene rings is 1. The quantitative estimate of drug-likeness (QED) is 0.833. The number of pyridine rings is 1. The van der Waals surface area contributed by atoms with Crippen molar-refractivity contribution in [2.45, 2.75) is 19.3 Å². The maximum absolute atomic E-state index is 13.1. The molecule has 0 aliphatic carbocycles. The van der Waals surface area contributed by atoms with E-state index in [9.17, 15) is 18.0 Å². The van der Waals surface area contributed by atoms with Crippen LogP contribution in [0, 0.1) is 11.8 Å². The second-order valence-electron chi connectivity index (χ2n) is 6.58. The van der Waals surface area contributed by atoms with Gasteiger partial charge < -0.3 is 9.84 Å². The summed E-state index contributed by atoms with van der Waals surface area (Å²) in [7, 11) is 0. The first-order chi connectivity index (χ1) is 12.8. The lowest BCUT2D eigenvalue weighted by Gasteiger charge is -2.18. The Kier molecular flexibility index (Phi) is 5.65. The van der Waals surface area contributed by atoms with E-state index in [1.165, 1.54) is 4.90 Å². The van der Waals surface area contributed by atoms with Gasteiger partial charge in [-0.15, -0.1) is 0 Å². The Morgan fingerprint density at radius 3 is 2.33 bits per heavy atom. The van der Waals surface area contributed by atoms with Crippen molar-refractivity contribution >= 4 is 5.97 Å². The van der Waals surface area contributed by atoms with Gasteiger partial charge in [-0.3, -0.25) is 14.7 Å². The molecule has 0 spiro atoms. The van der Waals surface area contributed by atoms with Crippen molar-refractivity contribution in [3.63, 3.8) is 0 Å². The van der Waals surface area contributed by atoms with Gasteiger partial charge in [0, 0.05) is 32.0 Å². The smallest absolute Gasteiger partial charge is 0.393 e. The SMILES string of the molecule is O=C(O)[C@@H]1CN(Cc2ccc(OCc3ccncc3)cc2)C[C@H]1C(F)(F)F. The van der Waals surface area contributed by atoms with Crippen LogP contribution in [0.25, 0.3) is 0 Å². The molecule has 3 rings (SSSR count). The summed E-state index contributed by atoms with van der Waals surface area (Å²) >= 11 is 0. The predicted octanol–water partition coefficient (Wildman–Crippen LogP) is 3.36. The van der Waals surface area contributed by atoms with Crippen LogP contribution >= 0.6 is 0 Å². The van der Waals surface area contributed by atoms with E-state index in [1.807, 2.05) is 12.1 Å². The number of rotatable bonds is 6. The summed E-state index contributed by atoms with van der Waals surface area (Å²) in [6.07, 6.45) is -1.16. The Bertz CT molecular complexity index is 766. The number of ether oxygens (including phenoxy) is 1. The number of aromatic nitrogens is 1. The summed E-state index contributed by atoms with van der Waals surface area (Å²) < 4.78 is 44.8. The van der Waals surface area contributed by atoms with E-state index in [-0.39, 0.29) is 19.6 Å². The van der Waals surface area contributed by atoms with Crippen molar-refractivity contribution in [3.8, 4) is 5.75 Å². The second kappa shape index (κ2) is 7.96. The first-order valence-electron chi connectivity index (χ1n) is 8.45. The monoisotopic (exact) mass is 380 g/mol. The van der Waals surface area contributed by atoms with E-state index in [0.717, 1.165) is 11.1 Å². The van der Waals surface area contributed by atoms with Crippen molar-refractivity contribution in [2.24, 2.45) is 11.8 Å². The van der Waals surface area contributed by atoms with E-state index in [0.29, 0.717) is 12.4 Å². The molecule has 8 heteroatoms. The summed E-state index contributed by atoms with van der Waals surface area (Å²) in [5, 5.41) is 9.07. The average molecular weight is 380 g/mol. The van der Waals surface area contributed by atoms with Gasteiger partial charge in [-0.2, -0.15) is 13.2 Å². The third-order valence-corrected chi connectivity index (χ3v) is 4.62. The zero-order valence-electron chi connectivity index (χ0n) is 14.4. The normalized spacial score (nSPS) is 20.6. The standard InChI is InChI=1S/C19H19F3N2O3/c20-19(21,22)17-11-24(10-16(17)18(25)26)9-13-1-3-15(4-2-13)27-12-14-5-7-23-8-6-14/h1-8,16-17H,9-12H2,(H,25,26)/t16-,17-/m1/s1. The number of likely N-dealkylation sites (tertiary alicyclic amines) is 1. The third-order valence-electron chi connectivity index (χ3n) is 4.62. The molecule has 0 saturated carbocycles. The number of aliphatic carboxylic acids is 1.